The van der Waals surface area contributed by atoms with Gasteiger partial charge >= 0.3 is 0 Å². The average molecular weight is 480 g/mol. The molecule has 34 heavy (non-hydrogen) atoms. The number of hydrogen-bond acceptors (Lipinski definition) is 6. The van der Waals surface area contributed by atoms with Crippen molar-refractivity contribution < 1.29 is 24.2 Å². The van der Waals surface area contributed by atoms with Crippen LogP contribution >= 0.6 is 11.6 Å². The first-order valence-electron chi connectivity index (χ1n) is 10.9. The van der Waals surface area contributed by atoms with Gasteiger partial charge in [0.05, 0.1) is 17.9 Å². The van der Waals surface area contributed by atoms with Gasteiger partial charge in [0.15, 0.2) is 11.5 Å². The fourth-order valence-corrected chi connectivity index (χ4v) is 4.42. The minimum Gasteiger partial charge on any atom is -0.507 e. The van der Waals surface area contributed by atoms with E-state index in [1.54, 1.807) is 55.0 Å². The third kappa shape index (κ3) is 4.12. The lowest BCUT2D eigenvalue weighted by molar-refractivity contribution is -0.139. The Hall–Kier alpha value is -3.78. The first-order valence-corrected chi connectivity index (χ1v) is 11.3. The lowest BCUT2D eigenvalue weighted by atomic mass is 9.95. The van der Waals surface area contributed by atoms with Gasteiger partial charge in [0.1, 0.15) is 19.0 Å². The minimum absolute atomic E-state index is 0.0339. The highest BCUT2D eigenvalue weighted by Crippen LogP contribution is 2.41. The second-order valence-corrected chi connectivity index (χ2v) is 8.49. The Labute approximate surface area is 201 Å². The van der Waals surface area contributed by atoms with Crippen molar-refractivity contribution in [2.75, 3.05) is 19.8 Å². The van der Waals surface area contributed by atoms with E-state index in [-0.39, 0.29) is 11.3 Å². The molecule has 2 aliphatic rings. The van der Waals surface area contributed by atoms with E-state index in [0.29, 0.717) is 60.4 Å². The predicted molar refractivity (Wildman–Crippen MR) is 125 cm³/mol. The van der Waals surface area contributed by atoms with E-state index in [2.05, 4.69) is 4.98 Å². The molecule has 1 aromatic heterocycles. The van der Waals surface area contributed by atoms with Crippen LogP contribution in [0.15, 0.2) is 66.8 Å². The molecule has 0 spiro atoms. The number of amides is 1. The van der Waals surface area contributed by atoms with Crippen molar-refractivity contribution in [3.63, 3.8) is 0 Å². The Balaban J connectivity index is 1.53. The number of carbonyl (C=O) groups is 2. The van der Waals surface area contributed by atoms with Crippen molar-refractivity contribution in [3.05, 3.63) is 82.9 Å². The number of Topliss-reactive ketones (excluding diaryl/α,β-unsaturated/α-hetero) is 1. The van der Waals surface area contributed by atoms with E-state index in [0.717, 1.165) is 0 Å². The van der Waals surface area contributed by atoms with Crippen molar-refractivity contribution in [2.24, 2.45) is 0 Å². The largest absolute Gasteiger partial charge is 0.507 e. The normalized spacial score (nSPS) is 19.0. The summed E-state index contributed by atoms with van der Waals surface area (Å²) in [6, 6.07) is 11.1. The summed E-state index contributed by atoms with van der Waals surface area (Å²) in [7, 11) is 0. The van der Waals surface area contributed by atoms with Crippen LogP contribution in [0.2, 0.25) is 5.02 Å². The molecular weight excluding hydrogens is 458 g/mol. The highest BCUT2D eigenvalue weighted by atomic mass is 35.5. The summed E-state index contributed by atoms with van der Waals surface area (Å²) in [5.41, 5.74) is 1.09. The molecule has 2 aliphatic heterocycles. The molecule has 1 amide bonds. The first kappa shape index (κ1) is 22.0. The summed E-state index contributed by atoms with van der Waals surface area (Å²) in [6.45, 7) is 1.80. The monoisotopic (exact) mass is 479 g/mol. The topological polar surface area (TPSA) is 93.9 Å². The zero-order valence-corrected chi connectivity index (χ0v) is 18.9. The third-order valence-corrected chi connectivity index (χ3v) is 6.17. The van der Waals surface area contributed by atoms with Gasteiger partial charge in [-0.2, -0.15) is 0 Å². The standard InChI is InChI=1S/C25H22ClN3O5/c26-18-5-2-16(3-6-18)22-21(23(30)17-4-7-19-20(14-17)34-13-12-33-19)24(31)25(32)29(22)10-1-9-28-11-8-27-15-28/h2-8,11,14-15,22,30H,1,9-10,12-13H2/b23-21+/t22-/m1/s1. The summed E-state index contributed by atoms with van der Waals surface area (Å²) in [5, 5.41) is 11.8. The van der Waals surface area contributed by atoms with E-state index >= 15 is 0 Å². The van der Waals surface area contributed by atoms with Gasteiger partial charge in [-0.15, -0.1) is 0 Å². The Kier molecular flexibility index (Phi) is 5.98. The number of rotatable bonds is 6. The Morgan fingerprint density at radius 3 is 2.56 bits per heavy atom. The number of fused-ring (bicyclic) bond motifs is 1. The molecule has 3 aromatic rings. The van der Waals surface area contributed by atoms with Gasteiger partial charge in [-0.1, -0.05) is 23.7 Å². The molecule has 9 heteroatoms. The van der Waals surface area contributed by atoms with E-state index in [1.165, 1.54) is 4.90 Å². The molecule has 3 heterocycles. The lowest BCUT2D eigenvalue weighted by Crippen LogP contribution is -2.31. The number of halogens is 1. The number of hydrogen-bond donors (Lipinski definition) is 1. The molecule has 1 N–H and O–H groups in total. The lowest BCUT2D eigenvalue weighted by Gasteiger charge is -2.25. The molecule has 8 nitrogen and oxygen atoms in total. The fourth-order valence-electron chi connectivity index (χ4n) is 4.29. The molecule has 1 saturated heterocycles. The van der Waals surface area contributed by atoms with Crippen LogP contribution < -0.4 is 9.47 Å². The molecule has 5 rings (SSSR count). The van der Waals surface area contributed by atoms with Gasteiger partial charge < -0.3 is 24.0 Å². The maximum absolute atomic E-state index is 13.2. The van der Waals surface area contributed by atoms with Gasteiger partial charge in [-0.3, -0.25) is 9.59 Å². The van der Waals surface area contributed by atoms with Crippen LogP contribution in [-0.4, -0.2) is 51.0 Å². The quantitative estimate of drug-likeness (QED) is 0.328. The summed E-state index contributed by atoms with van der Waals surface area (Å²) in [4.78, 5) is 31.8. The average Bonchev–Trinajstić information content (AvgIpc) is 3.46. The number of aryl methyl sites for hydroxylation is 1. The van der Waals surface area contributed by atoms with Crippen molar-refractivity contribution in [1.82, 2.24) is 14.5 Å². The maximum atomic E-state index is 13.2. The van der Waals surface area contributed by atoms with Gasteiger partial charge in [0.2, 0.25) is 0 Å². The summed E-state index contributed by atoms with van der Waals surface area (Å²) in [5.74, 6) is -0.586. The second kappa shape index (κ2) is 9.23. The number of carbonyl (C=O) groups excluding carboxylic acids is 2. The molecule has 0 saturated carbocycles. The molecule has 2 aromatic carbocycles. The molecule has 1 fully saturated rings. The molecule has 0 radical (unpaired) electrons. The first-order chi connectivity index (χ1) is 16.5. The van der Waals surface area contributed by atoms with Crippen LogP contribution in [0.5, 0.6) is 11.5 Å². The fraction of sp³-hybridized carbons (Fsp3) is 0.240. The molecule has 0 bridgehead atoms. The number of likely N-dealkylation sites (tertiary alicyclic amines) is 1. The third-order valence-electron chi connectivity index (χ3n) is 5.92. The molecular formula is C25H22ClN3O5. The van der Waals surface area contributed by atoms with E-state index in [1.807, 2.05) is 10.8 Å². The Morgan fingerprint density at radius 2 is 1.82 bits per heavy atom. The molecule has 174 valence electrons. The number of ketones is 1. The second-order valence-electron chi connectivity index (χ2n) is 8.06. The van der Waals surface area contributed by atoms with E-state index < -0.39 is 17.7 Å². The van der Waals surface area contributed by atoms with Gasteiger partial charge in [-0.05, 0) is 42.3 Å². The Morgan fingerprint density at radius 1 is 1.06 bits per heavy atom. The van der Waals surface area contributed by atoms with Crippen molar-refractivity contribution in [2.45, 2.75) is 19.0 Å². The van der Waals surface area contributed by atoms with E-state index in [4.69, 9.17) is 21.1 Å². The number of aromatic nitrogens is 2. The van der Waals surface area contributed by atoms with Crippen molar-refractivity contribution in [3.8, 4) is 11.5 Å². The number of aliphatic hydroxyl groups is 1. The van der Waals surface area contributed by atoms with Gasteiger partial charge in [0.25, 0.3) is 11.7 Å². The predicted octanol–water partition coefficient (Wildman–Crippen LogP) is 3.82. The van der Waals surface area contributed by atoms with Crippen molar-refractivity contribution in [1.29, 1.82) is 0 Å². The number of ether oxygens (including phenoxy) is 2. The van der Waals surface area contributed by atoms with Crippen LogP contribution in [0.4, 0.5) is 0 Å². The smallest absolute Gasteiger partial charge is 0.295 e. The molecule has 0 unspecified atom stereocenters. The van der Waals surface area contributed by atoms with Gasteiger partial charge in [-0.25, -0.2) is 4.98 Å². The zero-order chi connectivity index (χ0) is 23.7. The zero-order valence-electron chi connectivity index (χ0n) is 18.2. The van der Waals surface area contributed by atoms with Crippen LogP contribution in [0.3, 0.4) is 0 Å². The summed E-state index contributed by atoms with van der Waals surface area (Å²) < 4.78 is 13.1. The number of benzene rings is 2. The van der Waals surface area contributed by atoms with Crippen LogP contribution in [0, 0.1) is 0 Å². The van der Waals surface area contributed by atoms with E-state index in [9.17, 15) is 14.7 Å². The number of aliphatic hydroxyl groups excluding tert-OH is 1. The molecule has 1 atom stereocenters. The SMILES string of the molecule is O=C1C(=O)N(CCCn2ccnc2)[C@H](c2ccc(Cl)cc2)/C1=C(\O)c1ccc2c(c1)OCCO2. The Bertz CT molecular complexity index is 1250. The summed E-state index contributed by atoms with van der Waals surface area (Å²) in [6.07, 6.45) is 5.84. The number of nitrogens with zero attached hydrogens (tertiary/aromatic N) is 3. The minimum atomic E-state index is -0.742. The van der Waals surface area contributed by atoms with Crippen LogP contribution in [0.1, 0.15) is 23.6 Å². The number of imidazole rings is 1. The maximum Gasteiger partial charge on any atom is 0.295 e. The highest BCUT2D eigenvalue weighted by molar-refractivity contribution is 6.46. The van der Waals surface area contributed by atoms with Crippen LogP contribution in [0.25, 0.3) is 5.76 Å². The highest BCUT2D eigenvalue weighted by Gasteiger charge is 2.45. The van der Waals surface area contributed by atoms with Gasteiger partial charge in [0, 0.05) is 36.1 Å². The van der Waals surface area contributed by atoms with Crippen LogP contribution in [-0.2, 0) is 16.1 Å². The van der Waals surface area contributed by atoms with Crippen molar-refractivity contribution >= 4 is 29.1 Å². The summed E-state index contributed by atoms with van der Waals surface area (Å²) >= 11 is 6.07. The molecule has 0 aliphatic carbocycles.